The van der Waals surface area contributed by atoms with Crippen LogP contribution < -0.4 is 9.80 Å². The number of amides is 1. The van der Waals surface area contributed by atoms with E-state index >= 15 is 0 Å². The Morgan fingerprint density at radius 1 is 1.24 bits per heavy atom. The van der Waals surface area contributed by atoms with Gasteiger partial charge >= 0.3 is 0 Å². The van der Waals surface area contributed by atoms with Crippen molar-refractivity contribution in [2.24, 2.45) is 5.41 Å². The second-order valence-corrected chi connectivity index (χ2v) is 12.7. The van der Waals surface area contributed by atoms with Crippen LogP contribution >= 0.6 is 11.3 Å². The number of halogens is 1. The van der Waals surface area contributed by atoms with Crippen molar-refractivity contribution in [1.82, 2.24) is 19.5 Å². The maximum Gasteiger partial charge on any atom is 0.253 e. The van der Waals surface area contributed by atoms with Gasteiger partial charge < -0.3 is 19.8 Å². The molecule has 3 aromatic heterocycles. The number of hydrogen-bond donors (Lipinski definition) is 1. The van der Waals surface area contributed by atoms with Crippen LogP contribution in [0, 0.1) is 29.5 Å². The van der Waals surface area contributed by atoms with E-state index in [1.165, 1.54) is 37.3 Å². The smallest absolute Gasteiger partial charge is 0.253 e. The topological polar surface area (TPSA) is 101 Å². The second-order valence-electron chi connectivity index (χ2n) is 11.7. The molecule has 0 atom stereocenters. The zero-order valence-electron chi connectivity index (χ0n) is 23.8. The molecule has 6 rings (SSSR count). The monoisotopic (exact) mass is 573 g/mol. The summed E-state index contributed by atoms with van der Waals surface area (Å²) in [6, 6.07) is 10.4. The lowest BCUT2D eigenvalue weighted by molar-refractivity contribution is -0.162. The third kappa shape index (κ3) is 4.51. The number of aryl methyl sites for hydroxylation is 2. The van der Waals surface area contributed by atoms with Crippen LogP contribution in [0.15, 0.2) is 36.5 Å². The van der Waals surface area contributed by atoms with Gasteiger partial charge in [-0.15, -0.1) is 0 Å². The molecule has 1 N–H and O–H groups in total. The van der Waals surface area contributed by atoms with Crippen molar-refractivity contribution >= 4 is 39.3 Å². The summed E-state index contributed by atoms with van der Waals surface area (Å²) in [6.45, 7) is 10.2. The minimum Gasteiger partial charge on any atom is -0.381 e. The summed E-state index contributed by atoms with van der Waals surface area (Å²) >= 11 is 1.30. The number of anilines is 3. The highest BCUT2D eigenvalue weighted by atomic mass is 32.1. The molecule has 212 valence electrons. The van der Waals surface area contributed by atoms with Crippen LogP contribution in [-0.4, -0.2) is 69.3 Å². The van der Waals surface area contributed by atoms with Crippen molar-refractivity contribution < 1.29 is 14.3 Å². The van der Waals surface area contributed by atoms with E-state index in [1.54, 1.807) is 17.0 Å². The van der Waals surface area contributed by atoms with Gasteiger partial charge in [-0.05, 0) is 63.1 Å². The molecule has 0 unspecified atom stereocenters. The summed E-state index contributed by atoms with van der Waals surface area (Å²) in [7, 11) is 1.94. The number of fused-ring (bicyclic) bond motifs is 1. The number of benzene rings is 1. The molecule has 5 heterocycles. The maximum atomic E-state index is 13.5. The van der Waals surface area contributed by atoms with Gasteiger partial charge in [-0.2, -0.15) is 10.4 Å². The lowest BCUT2D eigenvalue weighted by atomic mass is 9.72. The molecule has 2 saturated heterocycles. The van der Waals surface area contributed by atoms with E-state index in [1.807, 2.05) is 22.7 Å². The number of nitriles is 1. The van der Waals surface area contributed by atoms with E-state index in [9.17, 15) is 19.6 Å². The molecule has 2 fully saturated rings. The van der Waals surface area contributed by atoms with Gasteiger partial charge in [0.2, 0.25) is 0 Å². The number of aromatic nitrogens is 3. The van der Waals surface area contributed by atoms with Crippen molar-refractivity contribution in [3.8, 4) is 17.3 Å². The van der Waals surface area contributed by atoms with E-state index in [-0.39, 0.29) is 17.1 Å². The van der Waals surface area contributed by atoms with E-state index in [4.69, 9.17) is 10.1 Å². The maximum absolute atomic E-state index is 13.5. The zero-order chi connectivity index (χ0) is 29.3. The van der Waals surface area contributed by atoms with Crippen LogP contribution in [0.1, 0.15) is 36.9 Å². The Bertz CT molecular complexity index is 1700. The normalized spacial score (nSPS) is 16.0. The molecular weight excluding hydrogens is 541 g/mol. The Balaban J connectivity index is 1.30. The van der Waals surface area contributed by atoms with Gasteiger partial charge in [0.05, 0.1) is 16.9 Å². The summed E-state index contributed by atoms with van der Waals surface area (Å²) in [6.07, 6.45) is 2.76. The molecule has 41 heavy (non-hydrogen) atoms. The molecule has 4 aromatic rings. The molecule has 2 aliphatic rings. The van der Waals surface area contributed by atoms with Gasteiger partial charge in [-0.3, -0.25) is 4.79 Å². The molecule has 1 spiro atoms. The summed E-state index contributed by atoms with van der Waals surface area (Å²) in [5, 5.41) is 25.4. The number of thiazole rings is 1. The largest absolute Gasteiger partial charge is 0.381 e. The lowest BCUT2D eigenvalue weighted by Gasteiger charge is -2.61. The van der Waals surface area contributed by atoms with Crippen molar-refractivity contribution in [2.75, 3.05) is 43.0 Å². The molecule has 0 saturated carbocycles. The average molecular weight is 574 g/mol. The fourth-order valence-corrected chi connectivity index (χ4v) is 6.87. The number of hydrogen-bond acceptors (Lipinski definition) is 8. The van der Waals surface area contributed by atoms with Crippen LogP contribution in [0.2, 0.25) is 0 Å². The first kappa shape index (κ1) is 27.2. The van der Waals surface area contributed by atoms with E-state index in [0.717, 1.165) is 47.7 Å². The van der Waals surface area contributed by atoms with E-state index in [0.29, 0.717) is 34.4 Å². The standard InChI is InChI=1S/C30H32FN7O2S/c1-6-21-26(35(5)28-33-25(24(12-32)41-28)19-7-9-20(31)10-8-19)23-11-22(18(2)13-38(23)34-21)36-14-30(15-36)16-37(17-30)27(39)29(3,4)40/h7-11,13,40H,6,14-17H2,1-5H3. The average Bonchev–Trinajstić information content (AvgIpc) is 3.47. The van der Waals surface area contributed by atoms with Gasteiger partial charge in [0.15, 0.2) is 5.13 Å². The summed E-state index contributed by atoms with van der Waals surface area (Å²) < 4.78 is 15.4. The Morgan fingerprint density at radius 2 is 1.93 bits per heavy atom. The van der Waals surface area contributed by atoms with Crippen LogP contribution in [0.5, 0.6) is 0 Å². The van der Waals surface area contributed by atoms with Crippen LogP contribution in [0.25, 0.3) is 16.8 Å². The number of carbonyl (C=O) groups excluding carboxylic acids is 1. The molecule has 0 aliphatic carbocycles. The molecule has 0 radical (unpaired) electrons. The predicted molar refractivity (Wildman–Crippen MR) is 157 cm³/mol. The fourth-order valence-electron chi connectivity index (χ4n) is 6.01. The minimum atomic E-state index is -1.35. The first-order chi connectivity index (χ1) is 19.4. The Kier molecular flexibility index (Phi) is 6.32. The van der Waals surface area contributed by atoms with Gasteiger partial charge in [0, 0.05) is 56.1 Å². The van der Waals surface area contributed by atoms with Crippen molar-refractivity contribution in [3.63, 3.8) is 0 Å². The molecule has 11 heteroatoms. The highest BCUT2D eigenvalue weighted by Gasteiger charge is 2.54. The number of carbonyl (C=O) groups is 1. The zero-order valence-corrected chi connectivity index (χ0v) is 24.6. The fraction of sp³-hybridized carbons (Fsp3) is 0.400. The second kappa shape index (κ2) is 9.53. The van der Waals surface area contributed by atoms with Crippen LogP contribution in [-0.2, 0) is 11.2 Å². The molecule has 9 nitrogen and oxygen atoms in total. The number of rotatable bonds is 6. The van der Waals surface area contributed by atoms with Crippen LogP contribution in [0.3, 0.4) is 0 Å². The highest BCUT2D eigenvalue weighted by Crippen LogP contribution is 2.45. The lowest BCUT2D eigenvalue weighted by Crippen LogP contribution is -2.74. The SMILES string of the molecule is CCc1nn2cc(C)c(N3CC4(CN(C(=O)C(C)(C)O)C4)C3)cc2c1N(C)c1nc(-c2ccc(F)cc2)c(C#N)s1. The number of nitrogens with zero attached hydrogens (tertiary/aromatic N) is 7. The molecule has 0 bridgehead atoms. The number of likely N-dealkylation sites (tertiary alicyclic amines) is 1. The third-order valence-electron chi connectivity index (χ3n) is 8.03. The van der Waals surface area contributed by atoms with E-state index in [2.05, 4.69) is 30.9 Å². The van der Waals surface area contributed by atoms with Crippen molar-refractivity contribution in [1.29, 1.82) is 5.26 Å². The Hall–Kier alpha value is -4.01. The summed E-state index contributed by atoms with van der Waals surface area (Å²) in [4.78, 5) is 23.8. The number of pyridine rings is 1. The molecule has 2 aliphatic heterocycles. The van der Waals surface area contributed by atoms with Gasteiger partial charge in [-0.25, -0.2) is 13.9 Å². The van der Waals surface area contributed by atoms with Crippen molar-refractivity contribution in [2.45, 2.75) is 39.7 Å². The van der Waals surface area contributed by atoms with Gasteiger partial charge in [-0.1, -0.05) is 18.3 Å². The summed E-state index contributed by atoms with van der Waals surface area (Å²) in [5.74, 6) is -0.558. The molecular formula is C30H32FN7O2S. The first-order valence-electron chi connectivity index (χ1n) is 13.6. The third-order valence-corrected chi connectivity index (χ3v) is 9.07. The predicted octanol–water partition coefficient (Wildman–Crippen LogP) is 4.53. The Morgan fingerprint density at radius 3 is 2.54 bits per heavy atom. The first-order valence-corrected chi connectivity index (χ1v) is 14.4. The quantitative estimate of drug-likeness (QED) is 0.362. The van der Waals surface area contributed by atoms with Gasteiger partial charge in [0.1, 0.15) is 28.1 Å². The molecule has 1 aromatic carbocycles. The molecule has 1 amide bonds. The highest BCUT2D eigenvalue weighted by molar-refractivity contribution is 7.16. The van der Waals surface area contributed by atoms with Gasteiger partial charge in [0.25, 0.3) is 5.91 Å². The van der Waals surface area contributed by atoms with Crippen molar-refractivity contribution in [3.05, 3.63) is 58.5 Å². The van der Waals surface area contributed by atoms with Crippen LogP contribution in [0.4, 0.5) is 20.9 Å². The number of aliphatic hydroxyl groups is 1. The van der Waals surface area contributed by atoms with E-state index < -0.39 is 5.60 Å². The minimum absolute atomic E-state index is 0.0687. The summed E-state index contributed by atoms with van der Waals surface area (Å²) in [5.41, 5.74) is 4.96. The Labute approximate surface area is 242 Å².